The molecule has 1 N–H and O–H groups in total. The lowest BCUT2D eigenvalue weighted by Crippen LogP contribution is -2.45. The van der Waals surface area contributed by atoms with E-state index in [0.717, 1.165) is 12.8 Å². The van der Waals surface area contributed by atoms with Crippen molar-refractivity contribution in [2.75, 3.05) is 6.61 Å². The Hall–Kier alpha value is -1.35. The van der Waals surface area contributed by atoms with Crippen LogP contribution in [-0.4, -0.2) is 18.6 Å². The van der Waals surface area contributed by atoms with Gasteiger partial charge < -0.3 is 10.1 Å². The van der Waals surface area contributed by atoms with Crippen molar-refractivity contribution in [3.05, 3.63) is 35.4 Å². The van der Waals surface area contributed by atoms with Crippen molar-refractivity contribution in [3.8, 4) is 0 Å². The van der Waals surface area contributed by atoms with Gasteiger partial charge in [-0.2, -0.15) is 0 Å². The molecule has 3 atom stereocenters. The molecule has 1 aromatic rings. The van der Waals surface area contributed by atoms with Crippen LogP contribution in [0.3, 0.4) is 0 Å². The lowest BCUT2D eigenvalue weighted by molar-refractivity contribution is -0.150. The molecule has 1 fully saturated rings. The topological polar surface area (TPSA) is 38.3 Å². The summed E-state index contributed by atoms with van der Waals surface area (Å²) >= 11 is 0. The summed E-state index contributed by atoms with van der Waals surface area (Å²) in [5, 5.41) is 3.56. The summed E-state index contributed by atoms with van der Waals surface area (Å²) in [5.74, 6) is -0.0778. The predicted octanol–water partition coefficient (Wildman–Crippen LogP) is 2.99. The highest BCUT2D eigenvalue weighted by Gasteiger charge is 2.33. The molecule has 3 heteroatoms. The molecule has 0 amide bonds. The molecule has 0 aromatic heterocycles. The molecular formula is C16H23NO2. The van der Waals surface area contributed by atoms with Gasteiger partial charge in [0.15, 0.2) is 0 Å². The van der Waals surface area contributed by atoms with Crippen LogP contribution in [0.4, 0.5) is 0 Å². The van der Waals surface area contributed by atoms with Gasteiger partial charge in [-0.3, -0.25) is 4.79 Å². The molecule has 1 saturated heterocycles. The van der Waals surface area contributed by atoms with E-state index < -0.39 is 0 Å². The quantitative estimate of drug-likeness (QED) is 0.850. The maximum Gasteiger partial charge on any atom is 0.310 e. The van der Waals surface area contributed by atoms with Crippen molar-refractivity contribution in [1.82, 2.24) is 5.32 Å². The number of ether oxygens (including phenoxy) is 1. The normalized spacial score (nSPS) is 27.0. The highest BCUT2D eigenvalue weighted by molar-refractivity contribution is 5.73. The van der Waals surface area contributed by atoms with Gasteiger partial charge in [-0.15, -0.1) is 0 Å². The maximum atomic E-state index is 11.9. The standard InChI is InChI=1S/C16H23NO2/c1-4-19-16(18)14-9-10-15(17-12(14)3)13-8-6-5-7-11(13)2/h5-8,12,14-15,17H,4,9-10H2,1-3H3. The average Bonchev–Trinajstić information content (AvgIpc) is 2.39. The monoisotopic (exact) mass is 261 g/mol. The maximum absolute atomic E-state index is 11.9. The van der Waals surface area contributed by atoms with Gasteiger partial charge in [-0.05, 0) is 44.7 Å². The predicted molar refractivity (Wildman–Crippen MR) is 75.9 cm³/mol. The summed E-state index contributed by atoms with van der Waals surface area (Å²) in [6.07, 6.45) is 1.88. The minimum Gasteiger partial charge on any atom is -0.466 e. The van der Waals surface area contributed by atoms with Crippen molar-refractivity contribution < 1.29 is 9.53 Å². The molecule has 3 unspecified atom stereocenters. The third kappa shape index (κ3) is 3.16. The molecule has 0 spiro atoms. The zero-order valence-electron chi connectivity index (χ0n) is 12.0. The Kier molecular flexibility index (Phi) is 4.59. The summed E-state index contributed by atoms with van der Waals surface area (Å²) in [5.41, 5.74) is 2.65. The summed E-state index contributed by atoms with van der Waals surface area (Å²) in [6, 6.07) is 8.96. The Morgan fingerprint density at radius 2 is 2.11 bits per heavy atom. The second-order valence-electron chi connectivity index (χ2n) is 5.30. The number of carbonyl (C=O) groups is 1. The molecular weight excluding hydrogens is 238 g/mol. The van der Waals surface area contributed by atoms with E-state index in [1.165, 1.54) is 11.1 Å². The van der Waals surface area contributed by atoms with Crippen LogP contribution >= 0.6 is 0 Å². The highest BCUT2D eigenvalue weighted by atomic mass is 16.5. The number of rotatable bonds is 3. The fourth-order valence-electron chi connectivity index (χ4n) is 2.91. The first-order valence-electron chi connectivity index (χ1n) is 7.11. The Labute approximate surface area is 115 Å². The number of carbonyl (C=O) groups excluding carboxylic acids is 1. The zero-order chi connectivity index (χ0) is 13.8. The van der Waals surface area contributed by atoms with Crippen LogP contribution in [0, 0.1) is 12.8 Å². The van der Waals surface area contributed by atoms with Gasteiger partial charge in [-0.1, -0.05) is 24.3 Å². The second kappa shape index (κ2) is 6.20. The molecule has 0 saturated carbocycles. The summed E-state index contributed by atoms with van der Waals surface area (Å²) in [4.78, 5) is 11.9. The first-order valence-corrected chi connectivity index (χ1v) is 7.11. The third-order valence-electron chi connectivity index (χ3n) is 3.99. The van der Waals surface area contributed by atoms with Crippen LogP contribution in [0.25, 0.3) is 0 Å². The molecule has 2 rings (SSSR count). The van der Waals surface area contributed by atoms with E-state index in [1.807, 2.05) is 6.92 Å². The van der Waals surface area contributed by atoms with Crippen LogP contribution < -0.4 is 5.32 Å². The zero-order valence-corrected chi connectivity index (χ0v) is 12.0. The minimum absolute atomic E-state index is 0.0137. The summed E-state index contributed by atoms with van der Waals surface area (Å²) in [6.45, 7) is 6.53. The van der Waals surface area contributed by atoms with E-state index in [4.69, 9.17) is 4.74 Å². The molecule has 104 valence electrons. The SMILES string of the molecule is CCOC(=O)C1CCC(c2ccccc2C)NC1C. The fraction of sp³-hybridized carbons (Fsp3) is 0.562. The van der Waals surface area contributed by atoms with E-state index in [2.05, 4.69) is 43.4 Å². The van der Waals surface area contributed by atoms with Crippen molar-refractivity contribution in [2.24, 2.45) is 5.92 Å². The van der Waals surface area contributed by atoms with Crippen molar-refractivity contribution in [2.45, 2.75) is 45.7 Å². The van der Waals surface area contributed by atoms with Crippen LogP contribution in [0.1, 0.15) is 43.9 Å². The average molecular weight is 261 g/mol. The molecule has 0 radical (unpaired) electrons. The molecule has 19 heavy (non-hydrogen) atoms. The molecule has 1 heterocycles. The minimum atomic E-state index is -0.0641. The van der Waals surface area contributed by atoms with Gasteiger partial charge in [0.1, 0.15) is 0 Å². The Balaban J connectivity index is 2.04. The summed E-state index contributed by atoms with van der Waals surface area (Å²) in [7, 11) is 0. The first-order chi connectivity index (χ1) is 9.13. The Morgan fingerprint density at radius 3 is 2.74 bits per heavy atom. The van der Waals surface area contributed by atoms with Crippen LogP contribution in [0.15, 0.2) is 24.3 Å². The largest absolute Gasteiger partial charge is 0.466 e. The lowest BCUT2D eigenvalue weighted by Gasteiger charge is -2.35. The molecule has 1 aliphatic rings. The molecule has 0 bridgehead atoms. The van der Waals surface area contributed by atoms with Gasteiger partial charge >= 0.3 is 5.97 Å². The number of benzene rings is 1. The Bertz CT molecular complexity index is 444. The number of esters is 1. The van der Waals surface area contributed by atoms with Gasteiger partial charge in [0.25, 0.3) is 0 Å². The number of hydrogen-bond acceptors (Lipinski definition) is 3. The smallest absolute Gasteiger partial charge is 0.310 e. The third-order valence-corrected chi connectivity index (χ3v) is 3.99. The van der Waals surface area contributed by atoms with E-state index in [1.54, 1.807) is 0 Å². The van der Waals surface area contributed by atoms with Gasteiger partial charge in [0.2, 0.25) is 0 Å². The highest BCUT2D eigenvalue weighted by Crippen LogP contribution is 2.31. The van der Waals surface area contributed by atoms with E-state index >= 15 is 0 Å². The lowest BCUT2D eigenvalue weighted by atomic mass is 9.85. The van der Waals surface area contributed by atoms with Crippen LogP contribution in [-0.2, 0) is 9.53 Å². The molecule has 1 aliphatic heterocycles. The second-order valence-corrected chi connectivity index (χ2v) is 5.30. The number of nitrogens with one attached hydrogen (secondary N) is 1. The van der Waals surface area contributed by atoms with Crippen molar-refractivity contribution in [3.63, 3.8) is 0 Å². The number of piperidine rings is 1. The first kappa shape index (κ1) is 14.1. The van der Waals surface area contributed by atoms with Crippen molar-refractivity contribution >= 4 is 5.97 Å². The van der Waals surface area contributed by atoms with Crippen LogP contribution in [0.5, 0.6) is 0 Å². The van der Waals surface area contributed by atoms with Gasteiger partial charge in [-0.25, -0.2) is 0 Å². The van der Waals surface area contributed by atoms with Gasteiger partial charge in [0.05, 0.1) is 12.5 Å². The van der Waals surface area contributed by atoms with E-state index in [9.17, 15) is 4.79 Å². The fourth-order valence-corrected chi connectivity index (χ4v) is 2.91. The molecule has 3 nitrogen and oxygen atoms in total. The van der Waals surface area contributed by atoms with E-state index in [-0.39, 0.29) is 17.9 Å². The number of hydrogen-bond donors (Lipinski definition) is 1. The van der Waals surface area contributed by atoms with Crippen LogP contribution in [0.2, 0.25) is 0 Å². The Morgan fingerprint density at radius 1 is 1.37 bits per heavy atom. The molecule has 1 aromatic carbocycles. The molecule has 0 aliphatic carbocycles. The van der Waals surface area contributed by atoms with Crippen molar-refractivity contribution in [1.29, 1.82) is 0 Å². The van der Waals surface area contributed by atoms with Gasteiger partial charge in [0, 0.05) is 12.1 Å². The number of aryl methyl sites for hydroxylation is 1. The summed E-state index contributed by atoms with van der Waals surface area (Å²) < 4.78 is 5.14. The van der Waals surface area contributed by atoms with E-state index in [0.29, 0.717) is 12.6 Å².